The number of hydrogen-bond donors (Lipinski definition) is 1. The van der Waals surface area contributed by atoms with Crippen LogP contribution in [0.25, 0.3) is 0 Å². The number of methoxy groups -OCH3 is 1. The van der Waals surface area contributed by atoms with E-state index in [1.807, 2.05) is 6.26 Å². The molecule has 1 amide bonds. The molecule has 0 radical (unpaired) electrons. The van der Waals surface area contributed by atoms with E-state index in [0.29, 0.717) is 10.7 Å². The van der Waals surface area contributed by atoms with E-state index < -0.39 is 0 Å². The first-order valence-electron chi connectivity index (χ1n) is 5.53. The van der Waals surface area contributed by atoms with E-state index in [2.05, 4.69) is 10.3 Å². The molecule has 0 bridgehead atoms. The van der Waals surface area contributed by atoms with Crippen molar-refractivity contribution in [1.82, 2.24) is 4.98 Å². The average molecular weight is 286 g/mol. The molecule has 1 saturated carbocycles. The van der Waals surface area contributed by atoms with Crippen LogP contribution in [0.15, 0.2) is 4.34 Å². The van der Waals surface area contributed by atoms with Gasteiger partial charge in [-0.05, 0) is 19.1 Å². The quantitative estimate of drug-likeness (QED) is 0.640. The second-order valence-corrected chi connectivity index (χ2v) is 6.03. The van der Waals surface area contributed by atoms with Crippen molar-refractivity contribution >= 4 is 40.6 Å². The maximum atomic E-state index is 11.8. The van der Waals surface area contributed by atoms with Crippen LogP contribution in [0.3, 0.4) is 0 Å². The Morgan fingerprint density at radius 2 is 2.28 bits per heavy atom. The Bertz CT molecular complexity index is 469. The minimum atomic E-state index is -0.151. The van der Waals surface area contributed by atoms with E-state index in [1.165, 1.54) is 30.2 Å². The van der Waals surface area contributed by atoms with Gasteiger partial charge in [-0.15, -0.1) is 11.3 Å². The zero-order chi connectivity index (χ0) is 13.1. The highest BCUT2D eigenvalue weighted by atomic mass is 32.2. The normalized spacial score (nSPS) is 14.6. The minimum absolute atomic E-state index is 0.00229. The van der Waals surface area contributed by atoms with Gasteiger partial charge in [0.05, 0.1) is 0 Å². The van der Waals surface area contributed by atoms with Crippen LogP contribution >= 0.6 is 23.1 Å². The first-order valence-corrected chi connectivity index (χ1v) is 7.57. The van der Waals surface area contributed by atoms with Crippen molar-refractivity contribution in [1.29, 1.82) is 0 Å². The maximum Gasteiger partial charge on any atom is 0.228 e. The lowest BCUT2D eigenvalue weighted by Crippen LogP contribution is -2.16. The number of aromatic nitrogens is 1. The number of ketones is 1. The Hall–Kier alpha value is -0.920. The van der Waals surface area contributed by atoms with E-state index in [0.717, 1.165) is 17.2 Å². The number of rotatable bonds is 6. The van der Waals surface area contributed by atoms with Gasteiger partial charge < -0.3 is 10.1 Å². The average Bonchev–Trinajstić information content (AvgIpc) is 3.12. The molecule has 5 nitrogen and oxygen atoms in total. The first kappa shape index (κ1) is 13.5. The molecule has 0 saturated heterocycles. The van der Waals surface area contributed by atoms with E-state index >= 15 is 0 Å². The SMILES string of the molecule is COCC(=O)c1sc(SC)nc1NC(=O)C1CC1. The van der Waals surface area contributed by atoms with Crippen LogP contribution < -0.4 is 5.32 Å². The molecular weight excluding hydrogens is 272 g/mol. The molecule has 0 atom stereocenters. The topological polar surface area (TPSA) is 68.3 Å². The molecule has 2 rings (SSSR count). The van der Waals surface area contributed by atoms with E-state index in [1.54, 1.807) is 0 Å². The summed E-state index contributed by atoms with van der Waals surface area (Å²) in [6.45, 7) is 0.00229. The molecule has 0 aromatic carbocycles. The molecule has 1 fully saturated rings. The second kappa shape index (κ2) is 5.81. The predicted molar refractivity (Wildman–Crippen MR) is 71.5 cm³/mol. The number of thioether (sulfide) groups is 1. The van der Waals surface area contributed by atoms with Crippen molar-refractivity contribution in [2.45, 2.75) is 17.2 Å². The van der Waals surface area contributed by atoms with Crippen molar-refractivity contribution in [3.63, 3.8) is 0 Å². The van der Waals surface area contributed by atoms with Gasteiger partial charge in [-0.3, -0.25) is 9.59 Å². The summed E-state index contributed by atoms with van der Waals surface area (Å²) in [5.41, 5.74) is 0. The van der Waals surface area contributed by atoms with Crippen molar-refractivity contribution in [2.75, 3.05) is 25.3 Å². The van der Waals surface area contributed by atoms with Crippen molar-refractivity contribution in [2.24, 2.45) is 5.92 Å². The van der Waals surface area contributed by atoms with Crippen molar-refractivity contribution in [3.8, 4) is 0 Å². The summed E-state index contributed by atoms with van der Waals surface area (Å²) < 4.78 is 5.59. The lowest BCUT2D eigenvalue weighted by Gasteiger charge is -2.02. The Balaban J connectivity index is 2.17. The first-order chi connectivity index (χ1) is 8.65. The number of carbonyl (C=O) groups is 2. The second-order valence-electron chi connectivity index (χ2n) is 3.98. The van der Waals surface area contributed by atoms with Crippen LogP contribution in [0.4, 0.5) is 5.82 Å². The Kier molecular flexibility index (Phi) is 4.36. The summed E-state index contributed by atoms with van der Waals surface area (Å²) in [7, 11) is 1.47. The van der Waals surface area contributed by atoms with Gasteiger partial charge in [-0.25, -0.2) is 4.98 Å². The molecule has 0 spiro atoms. The molecule has 1 N–H and O–H groups in total. The summed E-state index contributed by atoms with van der Waals surface area (Å²) in [5, 5.41) is 2.74. The van der Waals surface area contributed by atoms with E-state index in [4.69, 9.17) is 4.74 Å². The number of nitrogens with one attached hydrogen (secondary N) is 1. The van der Waals surface area contributed by atoms with E-state index in [-0.39, 0.29) is 24.2 Å². The van der Waals surface area contributed by atoms with Gasteiger partial charge in [0.15, 0.2) is 10.2 Å². The van der Waals surface area contributed by atoms with E-state index in [9.17, 15) is 9.59 Å². The molecule has 1 aromatic rings. The summed E-state index contributed by atoms with van der Waals surface area (Å²) >= 11 is 2.74. The van der Waals surface area contributed by atoms with Crippen LogP contribution in [-0.2, 0) is 9.53 Å². The van der Waals surface area contributed by atoms with Gasteiger partial charge >= 0.3 is 0 Å². The molecule has 1 heterocycles. The van der Waals surface area contributed by atoms with Gasteiger partial charge in [0.1, 0.15) is 11.5 Å². The van der Waals surface area contributed by atoms with Crippen LogP contribution in [0.2, 0.25) is 0 Å². The number of anilines is 1. The van der Waals surface area contributed by atoms with Gasteiger partial charge in [-0.2, -0.15) is 0 Å². The van der Waals surface area contributed by atoms with Gasteiger partial charge in [-0.1, -0.05) is 11.8 Å². The third-order valence-corrected chi connectivity index (χ3v) is 4.58. The fraction of sp³-hybridized carbons (Fsp3) is 0.545. The summed E-state index contributed by atoms with van der Waals surface area (Å²) in [5.74, 6) is 0.277. The number of carbonyl (C=O) groups excluding carboxylic acids is 2. The van der Waals surface area contributed by atoms with Crippen molar-refractivity contribution in [3.05, 3.63) is 4.88 Å². The third kappa shape index (κ3) is 3.09. The number of amides is 1. The lowest BCUT2D eigenvalue weighted by atomic mass is 10.3. The largest absolute Gasteiger partial charge is 0.376 e. The highest BCUT2D eigenvalue weighted by Gasteiger charge is 2.31. The third-order valence-electron chi connectivity index (χ3n) is 2.50. The summed E-state index contributed by atoms with van der Waals surface area (Å²) in [6.07, 6.45) is 3.73. The number of hydrogen-bond acceptors (Lipinski definition) is 6. The predicted octanol–water partition coefficient (Wildman–Crippen LogP) is 2.04. The zero-order valence-electron chi connectivity index (χ0n) is 10.2. The molecule has 1 aliphatic carbocycles. The number of nitrogens with zero attached hydrogens (tertiary/aromatic N) is 1. The standard InChI is InChI=1S/C11H14N2O3S2/c1-16-5-7(14)8-9(13-11(17-2)18-8)12-10(15)6-3-4-6/h6H,3-5H2,1-2H3,(H,12,15). The molecule has 7 heteroatoms. The summed E-state index contributed by atoms with van der Waals surface area (Å²) in [6, 6.07) is 0. The van der Waals surface area contributed by atoms with Gasteiger partial charge in [0, 0.05) is 13.0 Å². The molecule has 0 aliphatic heterocycles. The fourth-order valence-corrected chi connectivity index (χ4v) is 2.87. The van der Waals surface area contributed by atoms with Crippen LogP contribution in [0.5, 0.6) is 0 Å². The van der Waals surface area contributed by atoms with Crippen LogP contribution in [0, 0.1) is 5.92 Å². The molecular formula is C11H14N2O3S2. The Morgan fingerprint density at radius 3 is 2.83 bits per heavy atom. The molecule has 98 valence electrons. The highest BCUT2D eigenvalue weighted by molar-refractivity contribution is 8.00. The fourth-order valence-electron chi connectivity index (χ4n) is 1.42. The van der Waals surface area contributed by atoms with Crippen LogP contribution in [-0.4, -0.2) is 36.6 Å². The molecule has 0 unspecified atom stereocenters. The summed E-state index contributed by atoms with van der Waals surface area (Å²) in [4.78, 5) is 28.3. The van der Waals surface area contributed by atoms with Gasteiger partial charge in [0.25, 0.3) is 0 Å². The lowest BCUT2D eigenvalue weighted by molar-refractivity contribution is -0.117. The Morgan fingerprint density at radius 1 is 1.56 bits per heavy atom. The monoisotopic (exact) mass is 286 g/mol. The van der Waals surface area contributed by atoms with Gasteiger partial charge in [0.2, 0.25) is 11.7 Å². The smallest absolute Gasteiger partial charge is 0.228 e. The maximum absolute atomic E-state index is 11.8. The molecule has 1 aromatic heterocycles. The minimum Gasteiger partial charge on any atom is -0.376 e. The highest BCUT2D eigenvalue weighted by Crippen LogP contribution is 2.33. The Labute approximate surface area is 113 Å². The van der Waals surface area contributed by atoms with Crippen LogP contribution in [0.1, 0.15) is 22.5 Å². The number of Topliss-reactive ketones (excluding diaryl/α,β-unsaturated/α-hetero) is 1. The number of ether oxygens (including phenoxy) is 1. The molecule has 1 aliphatic rings. The number of thiazole rings is 1. The molecule has 18 heavy (non-hydrogen) atoms. The van der Waals surface area contributed by atoms with Crippen molar-refractivity contribution < 1.29 is 14.3 Å². The zero-order valence-corrected chi connectivity index (χ0v) is 11.8.